The lowest BCUT2D eigenvalue weighted by atomic mass is 10.1. The lowest BCUT2D eigenvalue weighted by molar-refractivity contribution is 0.0926. The van der Waals surface area contributed by atoms with E-state index in [-0.39, 0.29) is 28.7 Å². The third-order valence-electron chi connectivity index (χ3n) is 6.08. The number of benzene rings is 1. The predicted molar refractivity (Wildman–Crippen MR) is 113 cm³/mol. The molecule has 1 saturated heterocycles. The van der Waals surface area contributed by atoms with E-state index >= 15 is 0 Å². The molecule has 3 aliphatic heterocycles. The lowest BCUT2D eigenvalue weighted by Crippen LogP contribution is -2.29. The van der Waals surface area contributed by atoms with Gasteiger partial charge < -0.3 is 9.47 Å². The maximum atomic E-state index is 13.4. The van der Waals surface area contributed by atoms with Gasteiger partial charge in [0.1, 0.15) is 13.2 Å². The Hall–Kier alpha value is -3.47. The highest BCUT2D eigenvalue weighted by Crippen LogP contribution is 2.39. The molecule has 0 aliphatic carbocycles. The third kappa shape index (κ3) is 2.67. The molecule has 2 amide bonds. The van der Waals surface area contributed by atoms with E-state index in [4.69, 9.17) is 9.47 Å². The number of ether oxygens (including phenoxy) is 2. The fourth-order valence-electron chi connectivity index (χ4n) is 4.61. The highest BCUT2D eigenvalue weighted by Gasteiger charge is 2.41. The Kier molecular flexibility index (Phi) is 3.92. The Morgan fingerprint density at radius 2 is 1.88 bits per heavy atom. The molecular formula is C21H18N4O6S. The minimum atomic E-state index is -3.13. The fraction of sp³-hybridized carbons (Fsp3) is 0.333. The summed E-state index contributed by atoms with van der Waals surface area (Å²) in [5.74, 6) is 0.156. The van der Waals surface area contributed by atoms with Gasteiger partial charge in [-0.1, -0.05) is 0 Å². The van der Waals surface area contributed by atoms with Crippen LogP contribution in [0, 0.1) is 6.92 Å². The maximum absolute atomic E-state index is 13.4. The summed E-state index contributed by atoms with van der Waals surface area (Å²) in [5.41, 5.74) is 1.74. The van der Waals surface area contributed by atoms with Gasteiger partial charge in [0.05, 0.1) is 45.4 Å². The van der Waals surface area contributed by atoms with Gasteiger partial charge in [-0.2, -0.15) is 5.10 Å². The van der Waals surface area contributed by atoms with E-state index in [0.717, 1.165) is 4.90 Å². The number of aromatic nitrogens is 3. The molecule has 1 aromatic carbocycles. The summed E-state index contributed by atoms with van der Waals surface area (Å²) < 4.78 is 36.6. The molecule has 164 valence electrons. The van der Waals surface area contributed by atoms with Crippen LogP contribution in [0.15, 0.2) is 24.4 Å². The number of hydrogen-bond acceptors (Lipinski definition) is 8. The van der Waals surface area contributed by atoms with Crippen molar-refractivity contribution < 1.29 is 27.5 Å². The van der Waals surface area contributed by atoms with Gasteiger partial charge in [0, 0.05) is 12.3 Å². The smallest absolute Gasteiger partial charge is 0.267 e. The first-order valence-electron chi connectivity index (χ1n) is 10.2. The monoisotopic (exact) mass is 454 g/mol. The molecule has 6 rings (SSSR count). The number of fused-ring (bicyclic) bond motifs is 4. The number of imide groups is 1. The molecule has 1 atom stereocenters. The van der Waals surface area contributed by atoms with Crippen LogP contribution in [0.5, 0.6) is 11.5 Å². The number of carbonyl (C=O) groups excluding carboxylic acids is 2. The molecular weight excluding hydrogens is 436 g/mol. The van der Waals surface area contributed by atoms with Crippen molar-refractivity contribution >= 4 is 38.4 Å². The summed E-state index contributed by atoms with van der Waals surface area (Å²) in [6, 6.07) is 4.58. The van der Waals surface area contributed by atoms with Crippen LogP contribution in [0.2, 0.25) is 0 Å². The Bertz CT molecular complexity index is 1440. The number of rotatable bonds is 2. The SMILES string of the molecule is Cc1nn(C2CCS(=O)(=O)C2)c2ncc3c(c12)C(=O)N(c1ccc2c(c1)OCCO2)C3=O. The number of pyridine rings is 1. The number of amides is 2. The van der Waals surface area contributed by atoms with Crippen molar-refractivity contribution in [2.24, 2.45) is 0 Å². The lowest BCUT2D eigenvalue weighted by Gasteiger charge is -2.21. The van der Waals surface area contributed by atoms with Crippen molar-refractivity contribution in [1.29, 1.82) is 0 Å². The number of sulfone groups is 1. The molecule has 0 radical (unpaired) electrons. The van der Waals surface area contributed by atoms with Crippen LogP contribution in [0.4, 0.5) is 5.69 Å². The van der Waals surface area contributed by atoms with E-state index in [0.29, 0.717) is 53.5 Å². The first-order chi connectivity index (χ1) is 15.3. The quantitative estimate of drug-likeness (QED) is 0.536. The number of nitrogens with zero attached hydrogens (tertiary/aromatic N) is 4. The van der Waals surface area contributed by atoms with Gasteiger partial charge in [-0.05, 0) is 25.5 Å². The summed E-state index contributed by atoms with van der Waals surface area (Å²) in [6.45, 7) is 2.56. The zero-order valence-electron chi connectivity index (χ0n) is 17.1. The van der Waals surface area contributed by atoms with Crippen LogP contribution in [0.1, 0.15) is 38.9 Å². The number of aryl methyl sites for hydroxylation is 1. The Morgan fingerprint density at radius 3 is 2.62 bits per heavy atom. The molecule has 2 aromatic heterocycles. The zero-order chi connectivity index (χ0) is 22.2. The summed E-state index contributed by atoms with van der Waals surface area (Å²) in [5, 5.41) is 4.98. The minimum Gasteiger partial charge on any atom is -0.486 e. The van der Waals surface area contributed by atoms with Crippen molar-refractivity contribution in [3.8, 4) is 11.5 Å². The van der Waals surface area contributed by atoms with Gasteiger partial charge in [-0.25, -0.2) is 23.0 Å². The van der Waals surface area contributed by atoms with E-state index in [2.05, 4.69) is 10.1 Å². The van der Waals surface area contributed by atoms with Gasteiger partial charge in [-0.3, -0.25) is 9.59 Å². The molecule has 3 aromatic rings. The molecule has 1 fully saturated rings. The highest BCUT2D eigenvalue weighted by atomic mass is 32.2. The molecule has 11 heteroatoms. The van der Waals surface area contributed by atoms with Crippen molar-refractivity contribution in [2.75, 3.05) is 29.6 Å². The van der Waals surface area contributed by atoms with Gasteiger partial charge >= 0.3 is 0 Å². The summed E-state index contributed by atoms with van der Waals surface area (Å²) in [4.78, 5) is 32.1. The molecule has 1 unspecified atom stereocenters. The molecule has 10 nitrogen and oxygen atoms in total. The van der Waals surface area contributed by atoms with Crippen LogP contribution in [-0.2, 0) is 9.84 Å². The van der Waals surface area contributed by atoms with Crippen molar-refractivity contribution in [3.05, 3.63) is 41.2 Å². The Balaban J connectivity index is 1.46. The van der Waals surface area contributed by atoms with E-state index in [9.17, 15) is 18.0 Å². The second kappa shape index (κ2) is 6.52. The fourth-order valence-corrected chi connectivity index (χ4v) is 6.31. The van der Waals surface area contributed by atoms with Gasteiger partial charge in [0.15, 0.2) is 27.0 Å². The molecule has 0 bridgehead atoms. The van der Waals surface area contributed by atoms with Gasteiger partial charge in [-0.15, -0.1) is 0 Å². The third-order valence-corrected chi connectivity index (χ3v) is 7.83. The van der Waals surface area contributed by atoms with Crippen LogP contribution >= 0.6 is 0 Å². The van der Waals surface area contributed by atoms with Crippen molar-refractivity contribution in [1.82, 2.24) is 14.8 Å². The normalized spacial score (nSPS) is 21.4. The van der Waals surface area contributed by atoms with Gasteiger partial charge in [0.25, 0.3) is 11.8 Å². The van der Waals surface area contributed by atoms with E-state index in [1.54, 1.807) is 29.8 Å². The number of carbonyl (C=O) groups is 2. The van der Waals surface area contributed by atoms with Crippen molar-refractivity contribution in [3.63, 3.8) is 0 Å². The average Bonchev–Trinajstić information content (AvgIpc) is 3.39. The second-order valence-corrected chi connectivity index (χ2v) is 10.3. The van der Waals surface area contributed by atoms with Gasteiger partial charge in [0.2, 0.25) is 0 Å². The topological polar surface area (TPSA) is 121 Å². The summed E-state index contributed by atoms with van der Waals surface area (Å²) in [6.07, 6.45) is 1.81. The number of anilines is 1. The van der Waals surface area contributed by atoms with Crippen LogP contribution < -0.4 is 14.4 Å². The largest absolute Gasteiger partial charge is 0.486 e. The molecule has 5 heterocycles. The molecule has 0 N–H and O–H groups in total. The van der Waals surface area contributed by atoms with E-state index < -0.39 is 21.7 Å². The van der Waals surface area contributed by atoms with Crippen LogP contribution in [0.3, 0.4) is 0 Å². The van der Waals surface area contributed by atoms with E-state index in [1.807, 2.05) is 0 Å². The van der Waals surface area contributed by atoms with Crippen molar-refractivity contribution in [2.45, 2.75) is 19.4 Å². The second-order valence-electron chi connectivity index (χ2n) is 8.11. The standard InChI is InChI=1S/C21H18N4O6S/c1-11-17-18-14(9-22-19(17)25(23-11)13-4-7-32(28,29)10-13)20(26)24(21(18)27)12-2-3-15-16(8-12)31-6-5-30-15/h2-3,8-9,13H,4-7,10H2,1H3. The Labute approximate surface area is 182 Å². The highest BCUT2D eigenvalue weighted by molar-refractivity contribution is 7.91. The predicted octanol–water partition coefficient (Wildman–Crippen LogP) is 1.67. The summed E-state index contributed by atoms with van der Waals surface area (Å²) in [7, 11) is -3.13. The number of hydrogen-bond donors (Lipinski definition) is 0. The molecule has 32 heavy (non-hydrogen) atoms. The average molecular weight is 454 g/mol. The summed E-state index contributed by atoms with van der Waals surface area (Å²) >= 11 is 0. The maximum Gasteiger partial charge on any atom is 0.267 e. The first kappa shape index (κ1) is 19.2. The zero-order valence-corrected chi connectivity index (χ0v) is 17.9. The Morgan fingerprint density at radius 1 is 1.09 bits per heavy atom. The minimum absolute atomic E-state index is 0.0157. The molecule has 0 saturated carbocycles. The first-order valence-corrected chi connectivity index (χ1v) is 12.0. The van der Waals surface area contributed by atoms with Crippen LogP contribution in [-0.4, -0.2) is 59.7 Å². The van der Waals surface area contributed by atoms with Crippen LogP contribution in [0.25, 0.3) is 11.0 Å². The molecule has 3 aliphatic rings. The molecule has 0 spiro atoms. The van der Waals surface area contributed by atoms with E-state index in [1.165, 1.54) is 6.20 Å².